The van der Waals surface area contributed by atoms with Gasteiger partial charge in [0.15, 0.2) is 5.78 Å². The van der Waals surface area contributed by atoms with E-state index in [1.165, 1.54) is 25.7 Å². The minimum atomic E-state index is -0.0634. The van der Waals surface area contributed by atoms with Crippen LogP contribution in [0.4, 0.5) is 0 Å². The van der Waals surface area contributed by atoms with Crippen LogP contribution in [0.2, 0.25) is 5.02 Å². The number of benzene rings is 1. The lowest BCUT2D eigenvalue weighted by atomic mass is 10.0. The predicted molar refractivity (Wildman–Crippen MR) is 79.9 cm³/mol. The average molecular weight is 280 g/mol. The number of carbonyl (C=O) groups excluding carboxylic acids is 1. The fourth-order valence-electron chi connectivity index (χ4n) is 2.91. The molecule has 0 aromatic heterocycles. The highest BCUT2D eigenvalue weighted by Gasteiger charge is 2.27. The lowest BCUT2D eigenvalue weighted by molar-refractivity contribution is 0.0780. The summed E-state index contributed by atoms with van der Waals surface area (Å²) in [5.41, 5.74) is 0.719. The molecule has 104 valence electrons. The van der Waals surface area contributed by atoms with Crippen LogP contribution in [0.1, 0.15) is 49.9 Å². The first-order valence-corrected chi connectivity index (χ1v) is 7.53. The number of nitrogens with zero attached hydrogens (tertiary/aromatic N) is 1. The molecule has 1 fully saturated rings. The summed E-state index contributed by atoms with van der Waals surface area (Å²) in [4.78, 5) is 14.9. The molecule has 2 unspecified atom stereocenters. The summed E-state index contributed by atoms with van der Waals surface area (Å²) in [7, 11) is 0. The van der Waals surface area contributed by atoms with Gasteiger partial charge in [0.2, 0.25) is 0 Å². The van der Waals surface area contributed by atoms with E-state index in [4.69, 9.17) is 11.6 Å². The highest BCUT2D eigenvalue weighted by Crippen LogP contribution is 2.21. The maximum Gasteiger partial charge on any atom is 0.179 e. The number of carbonyl (C=O) groups is 1. The molecule has 2 rings (SSSR count). The largest absolute Gasteiger partial charge is 0.292 e. The van der Waals surface area contributed by atoms with E-state index in [2.05, 4.69) is 11.8 Å². The Labute approximate surface area is 120 Å². The van der Waals surface area contributed by atoms with Crippen molar-refractivity contribution in [3.63, 3.8) is 0 Å². The fraction of sp³-hybridized carbons (Fsp3) is 0.562. The van der Waals surface area contributed by atoms with Crippen LogP contribution in [0.25, 0.3) is 0 Å². The standard InChI is InChI=1S/C16H22ClNO/c1-12-7-4-3-5-10-18(12)13(2)16(19)14-8-6-9-15(17)11-14/h6,8-9,11-13H,3-5,7,10H2,1-2H3. The van der Waals surface area contributed by atoms with Crippen molar-refractivity contribution in [1.29, 1.82) is 0 Å². The van der Waals surface area contributed by atoms with Gasteiger partial charge in [0, 0.05) is 16.6 Å². The Morgan fingerprint density at radius 1 is 1.37 bits per heavy atom. The van der Waals surface area contributed by atoms with Crippen LogP contribution in [-0.2, 0) is 0 Å². The summed E-state index contributed by atoms with van der Waals surface area (Å²) >= 11 is 5.97. The smallest absolute Gasteiger partial charge is 0.179 e. The van der Waals surface area contributed by atoms with E-state index >= 15 is 0 Å². The zero-order chi connectivity index (χ0) is 13.8. The van der Waals surface area contributed by atoms with E-state index in [0.29, 0.717) is 11.1 Å². The van der Waals surface area contributed by atoms with Gasteiger partial charge in [0.25, 0.3) is 0 Å². The number of likely N-dealkylation sites (tertiary alicyclic amines) is 1. The third-order valence-corrected chi connectivity index (χ3v) is 4.33. The molecular weight excluding hydrogens is 258 g/mol. The van der Waals surface area contributed by atoms with Gasteiger partial charge in [-0.05, 0) is 45.4 Å². The summed E-state index contributed by atoms with van der Waals surface area (Å²) in [6.45, 7) is 5.27. The van der Waals surface area contributed by atoms with Gasteiger partial charge in [0.1, 0.15) is 0 Å². The third-order valence-electron chi connectivity index (χ3n) is 4.09. The summed E-state index contributed by atoms with van der Waals surface area (Å²) in [6.07, 6.45) is 4.93. The Morgan fingerprint density at radius 3 is 2.89 bits per heavy atom. The van der Waals surface area contributed by atoms with Crippen LogP contribution >= 0.6 is 11.6 Å². The van der Waals surface area contributed by atoms with E-state index < -0.39 is 0 Å². The minimum absolute atomic E-state index is 0.0634. The summed E-state index contributed by atoms with van der Waals surface area (Å²) in [5.74, 6) is 0.177. The topological polar surface area (TPSA) is 20.3 Å². The van der Waals surface area contributed by atoms with Crippen molar-refractivity contribution in [2.45, 2.75) is 51.6 Å². The zero-order valence-corrected chi connectivity index (χ0v) is 12.5. The molecular formula is C16H22ClNO. The molecule has 1 aliphatic rings. The lowest BCUT2D eigenvalue weighted by Gasteiger charge is -2.32. The van der Waals surface area contributed by atoms with Crippen molar-refractivity contribution in [2.24, 2.45) is 0 Å². The van der Waals surface area contributed by atoms with E-state index in [1.807, 2.05) is 19.1 Å². The van der Waals surface area contributed by atoms with Crippen LogP contribution < -0.4 is 0 Å². The van der Waals surface area contributed by atoms with Crippen molar-refractivity contribution in [1.82, 2.24) is 4.90 Å². The van der Waals surface area contributed by atoms with Crippen LogP contribution in [0.3, 0.4) is 0 Å². The van der Waals surface area contributed by atoms with Crippen LogP contribution in [-0.4, -0.2) is 29.3 Å². The maximum atomic E-state index is 12.6. The molecule has 19 heavy (non-hydrogen) atoms. The Bertz CT molecular complexity index is 446. The molecule has 1 saturated heterocycles. The monoisotopic (exact) mass is 279 g/mol. The van der Waals surface area contributed by atoms with Gasteiger partial charge in [-0.1, -0.05) is 36.6 Å². The molecule has 1 aliphatic heterocycles. The van der Waals surface area contributed by atoms with Gasteiger partial charge < -0.3 is 0 Å². The molecule has 2 nitrogen and oxygen atoms in total. The molecule has 0 amide bonds. The first-order valence-electron chi connectivity index (χ1n) is 7.15. The third kappa shape index (κ3) is 3.58. The lowest BCUT2D eigenvalue weighted by Crippen LogP contribution is -2.44. The Morgan fingerprint density at radius 2 is 2.16 bits per heavy atom. The van der Waals surface area contributed by atoms with Gasteiger partial charge in [-0.25, -0.2) is 0 Å². The molecule has 0 radical (unpaired) electrons. The Hall–Kier alpha value is -0.860. The maximum absolute atomic E-state index is 12.6. The zero-order valence-electron chi connectivity index (χ0n) is 11.7. The first kappa shape index (κ1) is 14.5. The van der Waals surface area contributed by atoms with Crippen LogP contribution in [0.15, 0.2) is 24.3 Å². The summed E-state index contributed by atoms with van der Waals surface area (Å²) < 4.78 is 0. The number of halogens is 1. The van der Waals surface area contributed by atoms with E-state index in [0.717, 1.165) is 12.1 Å². The normalized spacial score (nSPS) is 22.8. The summed E-state index contributed by atoms with van der Waals surface area (Å²) in [5, 5.41) is 0.627. The van der Waals surface area contributed by atoms with Crippen molar-refractivity contribution >= 4 is 17.4 Å². The van der Waals surface area contributed by atoms with E-state index in [1.54, 1.807) is 12.1 Å². The number of rotatable bonds is 3. The van der Waals surface area contributed by atoms with Crippen molar-refractivity contribution in [3.05, 3.63) is 34.9 Å². The second-order valence-electron chi connectivity index (χ2n) is 5.49. The Kier molecular flexibility index (Phi) is 5.00. The molecule has 0 spiro atoms. The van der Waals surface area contributed by atoms with Crippen molar-refractivity contribution in [3.8, 4) is 0 Å². The van der Waals surface area contributed by atoms with Crippen LogP contribution in [0.5, 0.6) is 0 Å². The summed E-state index contributed by atoms with van der Waals surface area (Å²) in [6, 6.07) is 7.69. The number of hydrogen-bond donors (Lipinski definition) is 0. The second kappa shape index (κ2) is 6.53. The Balaban J connectivity index is 2.13. The van der Waals surface area contributed by atoms with Crippen LogP contribution in [0, 0.1) is 0 Å². The molecule has 0 N–H and O–H groups in total. The van der Waals surface area contributed by atoms with Gasteiger partial charge in [-0.2, -0.15) is 0 Å². The number of hydrogen-bond acceptors (Lipinski definition) is 2. The first-order chi connectivity index (χ1) is 9.09. The highest BCUT2D eigenvalue weighted by atomic mass is 35.5. The average Bonchev–Trinajstić information content (AvgIpc) is 2.62. The molecule has 3 heteroatoms. The van der Waals surface area contributed by atoms with Gasteiger partial charge in [-0.15, -0.1) is 0 Å². The molecule has 1 heterocycles. The molecule has 1 aromatic rings. The predicted octanol–water partition coefficient (Wildman–Crippen LogP) is 4.18. The second-order valence-corrected chi connectivity index (χ2v) is 5.92. The SMILES string of the molecule is CC1CCCCCN1C(C)C(=O)c1cccc(Cl)c1. The fourth-order valence-corrected chi connectivity index (χ4v) is 3.10. The van der Waals surface area contributed by atoms with Crippen molar-refractivity contribution in [2.75, 3.05) is 6.54 Å². The number of ketones is 1. The molecule has 0 bridgehead atoms. The number of Topliss-reactive ketones (excluding diaryl/α,β-unsaturated/α-hetero) is 1. The van der Waals surface area contributed by atoms with Gasteiger partial charge in [0.05, 0.1) is 6.04 Å². The van der Waals surface area contributed by atoms with E-state index in [-0.39, 0.29) is 11.8 Å². The molecule has 1 aromatic carbocycles. The van der Waals surface area contributed by atoms with Gasteiger partial charge >= 0.3 is 0 Å². The molecule has 0 saturated carbocycles. The molecule has 0 aliphatic carbocycles. The van der Waals surface area contributed by atoms with E-state index in [9.17, 15) is 4.79 Å². The highest BCUT2D eigenvalue weighted by molar-refractivity contribution is 6.31. The van der Waals surface area contributed by atoms with Gasteiger partial charge in [-0.3, -0.25) is 9.69 Å². The molecule has 2 atom stereocenters. The minimum Gasteiger partial charge on any atom is -0.292 e. The quantitative estimate of drug-likeness (QED) is 0.774. The van der Waals surface area contributed by atoms with Crippen molar-refractivity contribution < 1.29 is 4.79 Å².